The smallest absolute Gasteiger partial charge is 0.307 e. The number of hydrogen-bond donors (Lipinski definition) is 1. The monoisotopic (exact) mass is 234 g/mol. The predicted molar refractivity (Wildman–Crippen MR) is 65.5 cm³/mol. The highest BCUT2D eigenvalue weighted by Crippen LogP contribution is 2.41. The number of ether oxygens (including phenoxy) is 1. The lowest BCUT2D eigenvalue weighted by atomic mass is 9.85. The Morgan fingerprint density at radius 3 is 2.94 bits per heavy atom. The molecule has 0 amide bonds. The molecule has 1 N–H and O–H groups in total. The standard InChI is InChI=1S/C14H18O3/c1-3-11(14(15)16)13-6-4-9-8-10(17-2)5-7-12(9)13/h5,7-8,11,13H,3-4,6H2,1-2H3,(H,15,16)/t11-,13+/m0/s1. The van der Waals surface area contributed by atoms with E-state index in [1.54, 1.807) is 7.11 Å². The van der Waals surface area contributed by atoms with Gasteiger partial charge in [0.2, 0.25) is 0 Å². The Balaban J connectivity index is 2.30. The number of benzene rings is 1. The number of rotatable bonds is 4. The maximum atomic E-state index is 11.2. The van der Waals surface area contributed by atoms with Crippen molar-refractivity contribution in [2.24, 2.45) is 5.92 Å². The largest absolute Gasteiger partial charge is 0.497 e. The van der Waals surface area contributed by atoms with Crippen molar-refractivity contribution in [2.45, 2.75) is 32.1 Å². The number of hydrogen-bond acceptors (Lipinski definition) is 2. The molecule has 3 nitrogen and oxygen atoms in total. The quantitative estimate of drug-likeness (QED) is 0.871. The van der Waals surface area contributed by atoms with Crippen molar-refractivity contribution in [3.63, 3.8) is 0 Å². The first-order chi connectivity index (χ1) is 8.17. The molecule has 2 rings (SSSR count). The van der Waals surface area contributed by atoms with Crippen molar-refractivity contribution in [3.8, 4) is 5.75 Å². The molecule has 1 aliphatic carbocycles. The summed E-state index contributed by atoms with van der Waals surface area (Å²) in [5.74, 6) is 0.0805. The predicted octanol–water partition coefficient (Wildman–Crippen LogP) is 2.84. The van der Waals surface area contributed by atoms with E-state index >= 15 is 0 Å². The minimum atomic E-state index is -0.679. The van der Waals surface area contributed by atoms with Crippen LogP contribution in [0.1, 0.15) is 36.8 Å². The number of carboxylic acid groups (broad SMARTS) is 1. The Morgan fingerprint density at radius 1 is 1.59 bits per heavy atom. The van der Waals surface area contributed by atoms with Crippen molar-refractivity contribution < 1.29 is 14.6 Å². The molecular formula is C14H18O3. The molecule has 1 aromatic rings. The van der Waals surface area contributed by atoms with Crippen molar-refractivity contribution in [1.82, 2.24) is 0 Å². The highest BCUT2D eigenvalue weighted by Gasteiger charge is 2.33. The number of carboxylic acids is 1. The van der Waals surface area contributed by atoms with E-state index in [1.807, 2.05) is 25.1 Å². The van der Waals surface area contributed by atoms with Crippen LogP contribution in [-0.4, -0.2) is 18.2 Å². The van der Waals surface area contributed by atoms with Crippen molar-refractivity contribution >= 4 is 5.97 Å². The van der Waals surface area contributed by atoms with Gasteiger partial charge in [0.15, 0.2) is 0 Å². The zero-order valence-corrected chi connectivity index (χ0v) is 10.3. The zero-order chi connectivity index (χ0) is 12.4. The SMILES string of the molecule is CC[C@H](C(=O)O)[C@H]1CCc2cc(OC)ccc21. The highest BCUT2D eigenvalue weighted by atomic mass is 16.5. The molecule has 92 valence electrons. The van der Waals surface area contributed by atoms with Crippen molar-refractivity contribution in [1.29, 1.82) is 0 Å². The van der Waals surface area contributed by atoms with Crippen LogP contribution in [0.2, 0.25) is 0 Å². The van der Waals surface area contributed by atoms with Crippen LogP contribution in [0.25, 0.3) is 0 Å². The van der Waals surface area contributed by atoms with Gasteiger partial charge in [0, 0.05) is 0 Å². The number of carbonyl (C=O) groups is 1. The summed E-state index contributed by atoms with van der Waals surface area (Å²) < 4.78 is 5.19. The van der Waals surface area contributed by atoms with Gasteiger partial charge in [-0.05, 0) is 48.4 Å². The lowest BCUT2D eigenvalue weighted by Crippen LogP contribution is -2.19. The molecule has 0 saturated carbocycles. The maximum Gasteiger partial charge on any atom is 0.307 e. The summed E-state index contributed by atoms with van der Waals surface area (Å²) in [6.07, 6.45) is 2.58. The van der Waals surface area contributed by atoms with E-state index in [1.165, 1.54) is 11.1 Å². The van der Waals surface area contributed by atoms with Gasteiger partial charge in [-0.1, -0.05) is 13.0 Å². The third-order valence-corrected chi connectivity index (χ3v) is 3.72. The third-order valence-electron chi connectivity index (χ3n) is 3.72. The molecule has 1 aliphatic rings. The van der Waals surface area contributed by atoms with Crippen LogP contribution < -0.4 is 4.74 Å². The molecule has 3 heteroatoms. The topological polar surface area (TPSA) is 46.5 Å². The van der Waals surface area contributed by atoms with Crippen molar-refractivity contribution in [3.05, 3.63) is 29.3 Å². The van der Waals surface area contributed by atoms with E-state index in [2.05, 4.69) is 0 Å². The minimum Gasteiger partial charge on any atom is -0.497 e. The summed E-state index contributed by atoms with van der Waals surface area (Å²) in [7, 11) is 1.65. The molecule has 0 bridgehead atoms. The second kappa shape index (κ2) is 4.78. The van der Waals surface area contributed by atoms with E-state index in [-0.39, 0.29) is 11.8 Å². The Bertz CT molecular complexity index is 425. The number of fused-ring (bicyclic) bond motifs is 1. The molecule has 0 radical (unpaired) electrons. The number of aliphatic carboxylic acids is 1. The van der Waals surface area contributed by atoms with E-state index < -0.39 is 5.97 Å². The van der Waals surface area contributed by atoms with Crippen LogP contribution in [0.5, 0.6) is 5.75 Å². The summed E-state index contributed by atoms with van der Waals surface area (Å²) in [4.78, 5) is 11.2. The normalized spacial score (nSPS) is 19.8. The molecule has 0 aliphatic heterocycles. The van der Waals surface area contributed by atoms with Gasteiger partial charge < -0.3 is 9.84 Å². The van der Waals surface area contributed by atoms with Gasteiger partial charge in [-0.3, -0.25) is 4.79 Å². The average molecular weight is 234 g/mol. The Kier molecular flexibility index (Phi) is 3.36. The first-order valence-electron chi connectivity index (χ1n) is 6.07. The molecule has 0 unspecified atom stereocenters. The lowest BCUT2D eigenvalue weighted by Gasteiger charge is -2.19. The van der Waals surface area contributed by atoms with Gasteiger partial charge >= 0.3 is 5.97 Å². The molecule has 0 aromatic heterocycles. The highest BCUT2D eigenvalue weighted by molar-refractivity contribution is 5.71. The van der Waals surface area contributed by atoms with Gasteiger partial charge in [-0.25, -0.2) is 0 Å². The Morgan fingerprint density at radius 2 is 2.35 bits per heavy atom. The average Bonchev–Trinajstić information content (AvgIpc) is 2.73. The fourth-order valence-electron chi connectivity index (χ4n) is 2.80. The van der Waals surface area contributed by atoms with Gasteiger partial charge in [-0.2, -0.15) is 0 Å². The van der Waals surface area contributed by atoms with E-state index in [9.17, 15) is 9.90 Å². The number of methoxy groups -OCH3 is 1. The second-order valence-corrected chi connectivity index (χ2v) is 4.56. The molecule has 1 aromatic carbocycles. The first kappa shape index (κ1) is 12.0. The van der Waals surface area contributed by atoms with E-state index in [0.717, 1.165) is 18.6 Å². The minimum absolute atomic E-state index is 0.165. The van der Waals surface area contributed by atoms with Crippen molar-refractivity contribution in [2.75, 3.05) is 7.11 Å². The molecule has 2 atom stereocenters. The Labute approximate surface area is 101 Å². The first-order valence-corrected chi connectivity index (χ1v) is 6.07. The fourth-order valence-corrected chi connectivity index (χ4v) is 2.80. The van der Waals surface area contributed by atoms with Gasteiger partial charge in [0.05, 0.1) is 13.0 Å². The van der Waals surface area contributed by atoms with E-state index in [4.69, 9.17) is 4.74 Å². The van der Waals surface area contributed by atoms with Crippen LogP contribution in [0.4, 0.5) is 0 Å². The van der Waals surface area contributed by atoms with Crippen LogP contribution in [-0.2, 0) is 11.2 Å². The van der Waals surface area contributed by atoms with Gasteiger partial charge in [0.25, 0.3) is 0 Å². The van der Waals surface area contributed by atoms with Crippen LogP contribution in [0.3, 0.4) is 0 Å². The summed E-state index contributed by atoms with van der Waals surface area (Å²) in [5.41, 5.74) is 2.44. The fraction of sp³-hybridized carbons (Fsp3) is 0.500. The van der Waals surface area contributed by atoms with Crippen LogP contribution >= 0.6 is 0 Å². The lowest BCUT2D eigenvalue weighted by molar-refractivity contribution is -0.142. The molecule has 0 spiro atoms. The molecule has 0 heterocycles. The molecule has 17 heavy (non-hydrogen) atoms. The number of aryl methyl sites for hydroxylation is 1. The summed E-state index contributed by atoms with van der Waals surface area (Å²) in [6, 6.07) is 5.98. The molecular weight excluding hydrogens is 216 g/mol. The van der Waals surface area contributed by atoms with Crippen LogP contribution in [0, 0.1) is 5.92 Å². The third kappa shape index (κ3) is 2.14. The van der Waals surface area contributed by atoms with E-state index in [0.29, 0.717) is 6.42 Å². The summed E-state index contributed by atoms with van der Waals surface area (Å²) in [6.45, 7) is 1.94. The summed E-state index contributed by atoms with van der Waals surface area (Å²) >= 11 is 0. The Hall–Kier alpha value is -1.51. The van der Waals surface area contributed by atoms with Gasteiger partial charge in [-0.15, -0.1) is 0 Å². The summed E-state index contributed by atoms with van der Waals surface area (Å²) in [5, 5.41) is 9.24. The second-order valence-electron chi connectivity index (χ2n) is 4.56. The molecule has 0 saturated heterocycles. The maximum absolute atomic E-state index is 11.2. The van der Waals surface area contributed by atoms with Gasteiger partial charge in [0.1, 0.15) is 5.75 Å². The van der Waals surface area contributed by atoms with Crippen LogP contribution in [0.15, 0.2) is 18.2 Å². The zero-order valence-electron chi connectivity index (χ0n) is 10.3. The molecule has 0 fully saturated rings.